The molecule has 2 N–H and O–H groups in total. The van der Waals surface area contributed by atoms with E-state index < -0.39 is 0 Å². The minimum absolute atomic E-state index is 0.779. The molecule has 1 aliphatic carbocycles. The molecule has 0 spiro atoms. The SMILES string of the molecule is NCN1CC2CCC1C2. The van der Waals surface area contributed by atoms with Crippen LogP contribution in [0.3, 0.4) is 0 Å². The van der Waals surface area contributed by atoms with Crippen LogP contribution in [0.4, 0.5) is 0 Å². The van der Waals surface area contributed by atoms with E-state index in [9.17, 15) is 0 Å². The second kappa shape index (κ2) is 1.96. The second-order valence-electron chi connectivity index (χ2n) is 3.29. The first-order valence-electron chi connectivity index (χ1n) is 3.84. The molecule has 2 unspecified atom stereocenters. The summed E-state index contributed by atoms with van der Waals surface area (Å²) in [6.07, 6.45) is 4.29. The molecule has 1 aliphatic heterocycles. The fourth-order valence-electron chi connectivity index (χ4n) is 2.25. The van der Waals surface area contributed by atoms with E-state index in [1.54, 1.807) is 0 Å². The molecule has 2 fully saturated rings. The Morgan fingerprint density at radius 3 is 2.67 bits per heavy atom. The van der Waals surface area contributed by atoms with E-state index in [-0.39, 0.29) is 0 Å². The molecule has 1 saturated heterocycles. The number of rotatable bonds is 1. The van der Waals surface area contributed by atoms with Crippen LogP contribution in [0.5, 0.6) is 0 Å². The zero-order valence-corrected chi connectivity index (χ0v) is 5.71. The van der Waals surface area contributed by atoms with Crippen molar-refractivity contribution in [3.63, 3.8) is 0 Å². The van der Waals surface area contributed by atoms with Crippen molar-refractivity contribution < 1.29 is 0 Å². The van der Waals surface area contributed by atoms with Gasteiger partial charge in [0, 0.05) is 19.3 Å². The Morgan fingerprint density at radius 2 is 2.33 bits per heavy atom. The maximum absolute atomic E-state index is 5.55. The van der Waals surface area contributed by atoms with Crippen molar-refractivity contribution in [2.45, 2.75) is 25.3 Å². The van der Waals surface area contributed by atoms with Gasteiger partial charge < -0.3 is 5.73 Å². The van der Waals surface area contributed by atoms with Crippen LogP contribution < -0.4 is 5.73 Å². The zero-order valence-electron chi connectivity index (χ0n) is 5.71. The Kier molecular flexibility index (Phi) is 1.24. The van der Waals surface area contributed by atoms with Gasteiger partial charge in [0.1, 0.15) is 0 Å². The number of nitrogens with zero attached hydrogens (tertiary/aromatic N) is 1. The summed E-state index contributed by atoms with van der Waals surface area (Å²) in [5.41, 5.74) is 5.55. The predicted octanol–water partition coefficient (Wildman–Crippen LogP) is 0.387. The van der Waals surface area contributed by atoms with Gasteiger partial charge in [-0.3, -0.25) is 4.90 Å². The molecule has 0 aromatic heterocycles. The van der Waals surface area contributed by atoms with Gasteiger partial charge in [0.05, 0.1) is 0 Å². The standard InChI is InChI=1S/C7H14N2/c8-5-9-4-6-1-2-7(9)3-6/h6-7H,1-5,8H2. The summed E-state index contributed by atoms with van der Waals surface area (Å²) in [4.78, 5) is 2.41. The smallest absolute Gasteiger partial charge is 0.0458 e. The fraction of sp³-hybridized carbons (Fsp3) is 1.00. The maximum atomic E-state index is 5.55. The Labute approximate surface area is 56.0 Å². The molecule has 9 heavy (non-hydrogen) atoms. The van der Waals surface area contributed by atoms with Gasteiger partial charge in [0.2, 0.25) is 0 Å². The number of hydrogen-bond acceptors (Lipinski definition) is 2. The summed E-state index contributed by atoms with van der Waals surface area (Å²) in [7, 11) is 0. The minimum Gasteiger partial charge on any atom is -0.318 e. The van der Waals surface area contributed by atoms with Crippen molar-refractivity contribution >= 4 is 0 Å². The lowest BCUT2D eigenvalue weighted by Gasteiger charge is -2.24. The van der Waals surface area contributed by atoms with Crippen molar-refractivity contribution in [2.24, 2.45) is 11.7 Å². The Morgan fingerprint density at radius 1 is 1.44 bits per heavy atom. The summed E-state index contributed by atoms with van der Waals surface area (Å²) in [5, 5.41) is 0. The van der Waals surface area contributed by atoms with Gasteiger partial charge >= 0.3 is 0 Å². The molecule has 2 rings (SSSR count). The minimum atomic E-state index is 0.779. The van der Waals surface area contributed by atoms with Crippen LogP contribution in [0, 0.1) is 5.92 Å². The molecule has 2 atom stereocenters. The van der Waals surface area contributed by atoms with Gasteiger partial charge in [0.25, 0.3) is 0 Å². The Bertz CT molecular complexity index is 113. The average molecular weight is 126 g/mol. The molecule has 2 heteroatoms. The largest absolute Gasteiger partial charge is 0.318 e. The van der Waals surface area contributed by atoms with E-state index in [4.69, 9.17) is 5.73 Å². The van der Waals surface area contributed by atoms with Gasteiger partial charge in [0.15, 0.2) is 0 Å². The quantitative estimate of drug-likeness (QED) is 0.550. The first-order chi connectivity index (χ1) is 4.40. The molecule has 1 heterocycles. The number of likely N-dealkylation sites (tertiary alicyclic amines) is 1. The van der Waals surface area contributed by atoms with E-state index in [0.29, 0.717) is 0 Å². The number of fused-ring (bicyclic) bond motifs is 2. The summed E-state index contributed by atoms with van der Waals surface area (Å²) in [6, 6.07) is 0.861. The zero-order chi connectivity index (χ0) is 6.27. The summed E-state index contributed by atoms with van der Waals surface area (Å²) in [6.45, 7) is 2.06. The van der Waals surface area contributed by atoms with Crippen molar-refractivity contribution in [1.82, 2.24) is 4.90 Å². The van der Waals surface area contributed by atoms with Crippen LogP contribution in [-0.4, -0.2) is 24.2 Å². The van der Waals surface area contributed by atoms with Crippen molar-refractivity contribution in [3.8, 4) is 0 Å². The predicted molar refractivity (Wildman–Crippen MR) is 36.9 cm³/mol. The highest BCUT2D eigenvalue weighted by molar-refractivity contribution is 4.91. The molecule has 0 aromatic rings. The topological polar surface area (TPSA) is 29.3 Å². The lowest BCUT2D eigenvalue weighted by molar-refractivity contribution is 0.219. The molecule has 0 aromatic carbocycles. The third-order valence-corrected chi connectivity index (χ3v) is 2.76. The van der Waals surface area contributed by atoms with E-state index in [0.717, 1.165) is 18.6 Å². The van der Waals surface area contributed by atoms with Gasteiger partial charge in [-0.25, -0.2) is 0 Å². The third kappa shape index (κ3) is 0.775. The highest BCUT2D eigenvalue weighted by atomic mass is 15.2. The molecule has 0 amide bonds. The Balaban J connectivity index is 2.01. The average Bonchev–Trinajstić information content (AvgIpc) is 2.45. The Hall–Kier alpha value is -0.0800. The van der Waals surface area contributed by atoms with Gasteiger partial charge in [-0.2, -0.15) is 0 Å². The second-order valence-corrected chi connectivity index (χ2v) is 3.29. The van der Waals surface area contributed by atoms with E-state index in [1.165, 1.54) is 25.8 Å². The van der Waals surface area contributed by atoms with E-state index in [2.05, 4.69) is 4.90 Å². The molecule has 2 aliphatic rings. The van der Waals surface area contributed by atoms with Gasteiger partial charge in [-0.1, -0.05) is 0 Å². The summed E-state index contributed by atoms with van der Waals surface area (Å²) < 4.78 is 0. The lowest BCUT2D eigenvalue weighted by atomic mass is 10.1. The van der Waals surface area contributed by atoms with Crippen molar-refractivity contribution in [3.05, 3.63) is 0 Å². The molecular formula is C7H14N2. The van der Waals surface area contributed by atoms with Crippen LogP contribution in [0.2, 0.25) is 0 Å². The van der Waals surface area contributed by atoms with Crippen molar-refractivity contribution in [2.75, 3.05) is 13.2 Å². The van der Waals surface area contributed by atoms with Crippen LogP contribution in [0.15, 0.2) is 0 Å². The maximum Gasteiger partial charge on any atom is 0.0458 e. The summed E-state index contributed by atoms with van der Waals surface area (Å²) >= 11 is 0. The molecule has 2 bridgehead atoms. The van der Waals surface area contributed by atoms with Crippen molar-refractivity contribution in [1.29, 1.82) is 0 Å². The molecular weight excluding hydrogens is 112 g/mol. The van der Waals surface area contributed by atoms with Crippen LogP contribution >= 0.6 is 0 Å². The van der Waals surface area contributed by atoms with Crippen LogP contribution in [0.25, 0.3) is 0 Å². The number of hydrogen-bond donors (Lipinski definition) is 1. The van der Waals surface area contributed by atoms with Crippen LogP contribution in [0.1, 0.15) is 19.3 Å². The molecule has 0 radical (unpaired) electrons. The first-order valence-corrected chi connectivity index (χ1v) is 3.84. The van der Waals surface area contributed by atoms with Crippen LogP contribution in [-0.2, 0) is 0 Å². The highest BCUT2D eigenvalue weighted by Crippen LogP contribution is 2.36. The normalized spacial score (nSPS) is 42.3. The van der Waals surface area contributed by atoms with Gasteiger partial charge in [-0.15, -0.1) is 0 Å². The molecule has 2 nitrogen and oxygen atoms in total. The highest BCUT2D eigenvalue weighted by Gasteiger charge is 2.36. The first kappa shape index (κ1) is 5.69. The van der Waals surface area contributed by atoms with Gasteiger partial charge in [-0.05, 0) is 25.2 Å². The molecule has 1 saturated carbocycles. The molecule has 52 valence electrons. The number of piperidine rings is 1. The number of nitrogens with two attached hydrogens (primary N) is 1. The monoisotopic (exact) mass is 126 g/mol. The van der Waals surface area contributed by atoms with E-state index >= 15 is 0 Å². The fourth-order valence-corrected chi connectivity index (χ4v) is 2.25. The van der Waals surface area contributed by atoms with E-state index in [1.807, 2.05) is 0 Å². The summed E-state index contributed by atoms with van der Waals surface area (Å²) in [5.74, 6) is 0.999. The lowest BCUT2D eigenvalue weighted by Crippen LogP contribution is -2.36. The third-order valence-electron chi connectivity index (χ3n) is 2.76.